The first-order valence-electron chi connectivity index (χ1n) is 7.23. The highest BCUT2D eigenvalue weighted by atomic mass is 35.5. The van der Waals surface area contributed by atoms with Gasteiger partial charge in [0.1, 0.15) is 16.5 Å². The Bertz CT molecular complexity index is 718. The molecule has 120 valence electrons. The highest BCUT2D eigenvalue weighted by Crippen LogP contribution is 2.29. The van der Waals surface area contributed by atoms with E-state index in [0.717, 1.165) is 11.3 Å². The van der Waals surface area contributed by atoms with Crippen LogP contribution in [0.4, 0.5) is 10.6 Å². The number of carbonyl (C=O) groups is 1. The van der Waals surface area contributed by atoms with Gasteiger partial charge >= 0.3 is 6.03 Å². The molecule has 0 fully saturated rings. The van der Waals surface area contributed by atoms with Gasteiger partial charge in [-0.15, -0.1) is 0 Å². The number of carbonyl (C=O) groups excluding carboxylic acids is 1. The fourth-order valence-electron chi connectivity index (χ4n) is 2.49. The molecule has 3 rings (SSSR count). The van der Waals surface area contributed by atoms with Gasteiger partial charge in [-0.25, -0.2) is 14.8 Å². The van der Waals surface area contributed by atoms with E-state index in [4.69, 9.17) is 16.3 Å². The molecule has 1 aliphatic rings. The molecule has 2 heterocycles. The maximum Gasteiger partial charge on any atom is 0.323 e. The van der Waals surface area contributed by atoms with Crippen molar-refractivity contribution in [3.63, 3.8) is 0 Å². The van der Waals surface area contributed by atoms with E-state index in [1.165, 1.54) is 12.4 Å². The van der Waals surface area contributed by atoms with Gasteiger partial charge in [0.25, 0.3) is 0 Å². The molecule has 0 spiro atoms. The minimum atomic E-state index is -0.490. The van der Waals surface area contributed by atoms with Gasteiger partial charge in [-0.1, -0.05) is 29.8 Å². The number of fused-ring (bicyclic) bond motifs is 1. The Balaban J connectivity index is 1.81. The number of nitrogens with zero attached hydrogens (tertiary/aromatic N) is 3. The molecule has 0 aliphatic carbocycles. The van der Waals surface area contributed by atoms with E-state index in [0.29, 0.717) is 18.9 Å². The number of urea groups is 1. The quantitative estimate of drug-likeness (QED) is 0.869. The molecule has 2 aromatic rings. The molecule has 1 aromatic heterocycles. The molecular weight excluding hydrogens is 316 g/mol. The van der Waals surface area contributed by atoms with Crippen molar-refractivity contribution in [1.29, 1.82) is 0 Å². The van der Waals surface area contributed by atoms with Crippen LogP contribution in [-0.4, -0.2) is 33.0 Å². The van der Waals surface area contributed by atoms with Crippen molar-refractivity contribution >= 4 is 23.4 Å². The summed E-state index contributed by atoms with van der Waals surface area (Å²) in [5.41, 5.74) is 0.478. The van der Waals surface area contributed by atoms with Crippen LogP contribution in [0.15, 0.2) is 36.7 Å². The molecule has 1 aromatic carbocycles. The molecule has 1 N–H and O–H groups in total. The van der Waals surface area contributed by atoms with E-state index in [1.54, 1.807) is 4.90 Å². The van der Waals surface area contributed by atoms with Crippen molar-refractivity contribution < 1.29 is 9.53 Å². The van der Waals surface area contributed by atoms with E-state index in [9.17, 15) is 4.79 Å². The van der Waals surface area contributed by atoms with E-state index in [2.05, 4.69) is 15.3 Å². The molecule has 0 saturated carbocycles. The van der Waals surface area contributed by atoms with Gasteiger partial charge in [-0.2, -0.15) is 0 Å². The molecular formula is C16H17ClN4O2. The summed E-state index contributed by atoms with van der Waals surface area (Å²) in [6, 6.07) is 7.48. The minimum absolute atomic E-state index is 0.255. The molecule has 0 saturated heterocycles. The summed E-state index contributed by atoms with van der Waals surface area (Å²) in [6.45, 7) is 4.83. The average molecular weight is 333 g/mol. The monoisotopic (exact) mass is 332 g/mol. The van der Waals surface area contributed by atoms with Gasteiger partial charge in [0.15, 0.2) is 5.82 Å². The second-order valence-electron chi connectivity index (χ2n) is 5.98. The Morgan fingerprint density at radius 1 is 1.30 bits per heavy atom. The van der Waals surface area contributed by atoms with Crippen LogP contribution < -0.4 is 10.1 Å². The van der Waals surface area contributed by atoms with Crippen molar-refractivity contribution in [1.82, 2.24) is 14.9 Å². The van der Waals surface area contributed by atoms with Crippen molar-refractivity contribution in [2.45, 2.75) is 26.0 Å². The van der Waals surface area contributed by atoms with Crippen molar-refractivity contribution in [3.05, 3.63) is 47.4 Å². The predicted octanol–water partition coefficient (Wildman–Crippen LogP) is 3.34. The number of nitrogens with one attached hydrogen (secondary N) is 1. The lowest BCUT2D eigenvalue weighted by Crippen LogP contribution is -2.44. The number of rotatable bonds is 1. The fourth-order valence-corrected chi connectivity index (χ4v) is 2.59. The van der Waals surface area contributed by atoms with Crippen LogP contribution in [0, 0.1) is 0 Å². The van der Waals surface area contributed by atoms with Crippen molar-refractivity contribution in [2.75, 3.05) is 11.9 Å². The summed E-state index contributed by atoms with van der Waals surface area (Å²) in [5.74, 6) is 1.16. The van der Waals surface area contributed by atoms with Crippen LogP contribution >= 0.6 is 11.6 Å². The molecule has 23 heavy (non-hydrogen) atoms. The van der Waals surface area contributed by atoms with Crippen molar-refractivity contribution in [2.24, 2.45) is 0 Å². The third-order valence-electron chi connectivity index (χ3n) is 3.43. The van der Waals surface area contributed by atoms with Crippen molar-refractivity contribution in [3.8, 4) is 5.75 Å². The second-order valence-corrected chi connectivity index (χ2v) is 6.37. The molecule has 0 unspecified atom stereocenters. The lowest BCUT2D eigenvalue weighted by molar-refractivity contribution is 0.0834. The Hall–Kier alpha value is -2.34. The van der Waals surface area contributed by atoms with E-state index in [-0.39, 0.29) is 11.2 Å². The zero-order chi connectivity index (χ0) is 16.4. The third-order valence-corrected chi connectivity index (χ3v) is 3.63. The Labute approximate surface area is 139 Å². The number of hydrogen-bond acceptors (Lipinski definition) is 4. The van der Waals surface area contributed by atoms with E-state index in [1.807, 2.05) is 38.1 Å². The average Bonchev–Trinajstić information content (AvgIpc) is 2.64. The number of amides is 2. The number of ether oxygens (including phenoxy) is 1. The summed E-state index contributed by atoms with van der Waals surface area (Å²) >= 11 is 5.70. The first-order chi connectivity index (χ1) is 10.9. The summed E-state index contributed by atoms with van der Waals surface area (Å²) < 4.78 is 6.02. The largest absolute Gasteiger partial charge is 0.486 e. The highest BCUT2D eigenvalue weighted by molar-refractivity contribution is 6.29. The van der Waals surface area contributed by atoms with Gasteiger partial charge in [0, 0.05) is 5.56 Å². The molecule has 7 heteroatoms. The highest BCUT2D eigenvalue weighted by Gasteiger charge is 2.31. The van der Waals surface area contributed by atoms with Gasteiger partial charge in [0.2, 0.25) is 0 Å². The Kier molecular flexibility index (Phi) is 4.09. The minimum Gasteiger partial charge on any atom is -0.486 e. The number of anilines is 1. The topological polar surface area (TPSA) is 67.4 Å². The standard InChI is InChI=1S/C16H17ClN4O2/c1-16(2)10-21(9-11-5-3-4-6-12(11)23-16)15(22)20-14-8-18-13(17)7-19-14/h3-8H,9-10H2,1-2H3,(H,19,20,22). The summed E-state index contributed by atoms with van der Waals surface area (Å²) in [7, 11) is 0. The third kappa shape index (κ3) is 3.71. The maximum absolute atomic E-state index is 12.6. The predicted molar refractivity (Wildman–Crippen MR) is 87.6 cm³/mol. The van der Waals surface area contributed by atoms with Gasteiger partial charge in [-0.05, 0) is 19.9 Å². The molecule has 6 nitrogen and oxygen atoms in total. The smallest absolute Gasteiger partial charge is 0.323 e. The Morgan fingerprint density at radius 3 is 2.83 bits per heavy atom. The summed E-state index contributed by atoms with van der Waals surface area (Å²) in [6.07, 6.45) is 2.82. The number of benzene rings is 1. The fraction of sp³-hybridized carbons (Fsp3) is 0.312. The lowest BCUT2D eigenvalue weighted by atomic mass is 10.1. The molecule has 2 amide bonds. The van der Waals surface area contributed by atoms with Crippen LogP contribution in [0.1, 0.15) is 19.4 Å². The van der Waals surface area contributed by atoms with E-state index < -0.39 is 5.60 Å². The number of para-hydroxylation sites is 1. The van der Waals surface area contributed by atoms with Crippen LogP contribution in [0.25, 0.3) is 0 Å². The van der Waals surface area contributed by atoms with Gasteiger partial charge in [0.05, 0.1) is 25.5 Å². The van der Waals surface area contributed by atoms with Crippen LogP contribution in [-0.2, 0) is 6.54 Å². The normalized spacial score (nSPS) is 16.0. The molecule has 0 radical (unpaired) electrons. The van der Waals surface area contributed by atoms with Gasteiger partial charge in [-0.3, -0.25) is 5.32 Å². The van der Waals surface area contributed by atoms with Crippen LogP contribution in [0.2, 0.25) is 5.15 Å². The maximum atomic E-state index is 12.6. The SMILES string of the molecule is CC1(C)CN(C(=O)Nc2cnc(Cl)cn2)Cc2ccccc2O1. The summed E-state index contributed by atoms with van der Waals surface area (Å²) in [5, 5.41) is 3.01. The Morgan fingerprint density at radius 2 is 2.09 bits per heavy atom. The molecule has 1 aliphatic heterocycles. The number of hydrogen-bond donors (Lipinski definition) is 1. The number of halogens is 1. The first-order valence-corrected chi connectivity index (χ1v) is 7.61. The molecule has 0 bridgehead atoms. The first kappa shape index (κ1) is 15.6. The summed E-state index contributed by atoms with van der Waals surface area (Å²) in [4.78, 5) is 22.2. The van der Waals surface area contributed by atoms with E-state index >= 15 is 0 Å². The second kappa shape index (κ2) is 6.04. The number of aromatic nitrogens is 2. The molecule has 0 atom stereocenters. The van der Waals surface area contributed by atoms with Gasteiger partial charge < -0.3 is 9.64 Å². The van der Waals surface area contributed by atoms with Crippen LogP contribution in [0.5, 0.6) is 5.75 Å². The zero-order valence-corrected chi connectivity index (χ0v) is 13.7. The van der Waals surface area contributed by atoms with Crippen LogP contribution in [0.3, 0.4) is 0 Å². The zero-order valence-electron chi connectivity index (χ0n) is 12.9. The lowest BCUT2D eigenvalue weighted by Gasteiger charge is -2.29.